The van der Waals surface area contributed by atoms with Gasteiger partial charge < -0.3 is 10.6 Å². The second kappa shape index (κ2) is 6.48. The van der Waals surface area contributed by atoms with Crippen LogP contribution in [0.1, 0.15) is 48.1 Å². The Morgan fingerprint density at radius 3 is 3.05 bits per heavy atom. The van der Waals surface area contributed by atoms with Gasteiger partial charge in [-0.25, -0.2) is 4.98 Å². The maximum atomic E-state index is 12.4. The van der Waals surface area contributed by atoms with Gasteiger partial charge in [0.1, 0.15) is 5.69 Å². The van der Waals surface area contributed by atoms with E-state index < -0.39 is 0 Å². The number of nitrogens with zero attached hydrogens (tertiary/aromatic N) is 2. The Labute approximate surface area is 119 Å². The van der Waals surface area contributed by atoms with Crippen LogP contribution in [0, 0.1) is 5.92 Å². The largest absolute Gasteiger partial charge is 0.337 e. The first-order valence-corrected chi connectivity index (χ1v) is 7.91. The number of rotatable bonds is 4. The lowest BCUT2D eigenvalue weighted by molar-refractivity contribution is 0.0667. The standard InChI is InChI=1S/C14H23N3OS/c1-10-4-3-5-11(8-10)17(2)14(18)12-9-19-13(16-12)6-7-15/h9-11H,3-8,15H2,1-2H3. The van der Waals surface area contributed by atoms with Crippen LogP contribution < -0.4 is 5.73 Å². The SMILES string of the molecule is CC1CCCC(N(C)C(=O)c2csc(CCN)n2)C1. The fourth-order valence-electron chi connectivity index (χ4n) is 2.75. The van der Waals surface area contributed by atoms with E-state index in [4.69, 9.17) is 5.73 Å². The lowest BCUT2D eigenvalue weighted by Crippen LogP contribution is -2.40. The van der Waals surface area contributed by atoms with Gasteiger partial charge in [0.2, 0.25) is 0 Å². The van der Waals surface area contributed by atoms with E-state index in [9.17, 15) is 4.79 Å². The van der Waals surface area contributed by atoms with Gasteiger partial charge in [-0.3, -0.25) is 4.79 Å². The molecule has 106 valence electrons. The Hall–Kier alpha value is -0.940. The Balaban J connectivity index is 2.01. The smallest absolute Gasteiger partial charge is 0.273 e. The van der Waals surface area contributed by atoms with Crippen molar-refractivity contribution in [3.63, 3.8) is 0 Å². The van der Waals surface area contributed by atoms with Crippen LogP contribution in [-0.4, -0.2) is 35.4 Å². The molecule has 0 radical (unpaired) electrons. The van der Waals surface area contributed by atoms with Crippen molar-refractivity contribution in [1.82, 2.24) is 9.88 Å². The Morgan fingerprint density at radius 1 is 1.58 bits per heavy atom. The first-order valence-electron chi connectivity index (χ1n) is 7.03. The molecule has 1 aliphatic rings. The molecule has 1 aromatic heterocycles. The van der Waals surface area contributed by atoms with E-state index in [1.165, 1.54) is 24.2 Å². The minimum atomic E-state index is 0.0543. The summed E-state index contributed by atoms with van der Waals surface area (Å²) in [6.07, 6.45) is 5.49. The first kappa shape index (κ1) is 14.5. The third-order valence-corrected chi connectivity index (χ3v) is 4.81. The minimum Gasteiger partial charge on any atom is -0.337 e. The van der Waals surface area contributed by atoms with Crippen molar-refractivity contribution in [1.29, 1.82) is 0 Å². The highest BCUT2D eigenvalue weighted by Gasteiger charge is 2.27. The summed E-state index contributed by atoms with van der Waals surface area (Å²) in [7, 11) is 1.91. The fourth-order valence-corrected chi connectivity index (χ4v) is 3.54. The molecule has 2 N–H and O–H groups in total. The molecule has 1 fully saturated rings. The summed E-state index contributed by atoms with van der Waals surface area (Å²) in [5.41, 5.74) is 6.09. The van der Waals surface area contributed by atoms with E-state index >= 15 is 0 Å². The number of carbonyl (C=O) groups excluding carboxylic acids is 1. The van der Waals surface area contributed by atoms with Gasteiger partial charge in [0.15, 0.2) is 0 Å². The molecule has 4 nitrogen and oxygen atoms in total. The van der Waals surface area contributed by atoms with Crippen LogP contribution in [0.4, 0.5) is 0 Å². The van der Waals surface area contributed by atoms with Crippen molar-refractivity contribution in [2.75, 3.05) is 13.6 Å². The maximum Gasteiger partial charge on any atom is 0.273 e. The number of hydrogen-bond donors (Lipinski definition) is 1. The molecule has 0 spiro atoms. The van der Waals surface area contributed by atoms with E-state index in [1.807, 2.05) is 17.3 Å². The van der Waals surface area contributed by atoms with Crippen molar-refractivity contribution in [3.8, 4) is 0 Å². The summed E-state index contributed by atoms with van der Waals surface area (Å²) in [5, 5.41) is 2.81. The summed E-state index contributed by atoms with van der Waals surface area (Å²) < 4.78 is 0. The molecule has 2 unspecified atom stereocenters. The molecule has 1 aliphatic carbocycles. The molecule has 19 heavy (non-hydrogen) atoms. The van der Waals surface area contributed by atoms with Crippen molar-refractivity contribution >= 4 is 17.2 Å². The van der Waals surface area contributed by atoms with Gasteiger partial charge in [-0.15, -0.1) is 11.3 Å². The molecular formula is C14H23N3OS. The molecule has 1 heterocycles. The summed E-state index contributed by atoms with van der Waals surface area (Å²) in [4.78, 5) is 18.7. The highest BCUT2D eigenvalue weighted by Crippen LogP contribution is 2.27. The molecule has 1 saturated carbocycles. The zero-order chi connectivity index (χ0) is 13.8. The molecule has 0 aliphatic heterocycles. The lowest BCUT2D eigenvalue weighted by Gasteiger charge is -2.33. The number of thiazole rings is 1. The minimum absolute atomic E-state index is 0.0543. The van der Waals surface area contributed by atoms with Gasteiger partial charge in [-0.1, -0.05) is 19.8 Å². The van der Waals surface area contributed by atoms with E-state index in [2.05, 4.69) is 11.9 Å². The van der Waals surface area contributed by atoms with Crippen molar-refractivity contribution in [3.05, 3.63) is 16.1 Å². The summed E-state index contributed by atoms with van der Waals surface area (Å²) in [6.45, 7) is 2.85. The van der Waals surface area contributed by atoms with Gasteiger partial charge in [-0.05, 0) is 25.3 Å². The van der Waals surface area contributed by atoms with Gasteiger partial charge in [0, 0.05) is 24.9 Å². The van der Waals surface area contributed by atoms with Gasteiger partial charge in [0.25, 0.3) is 5.91 Å². The molecule has 1 amide bonds. The quantitative estimate of drug-likeness (QED) is 0.921. The molecular weight excluding hydrogens is 258 g/mol. The Morgan fingerprint density at radius 2 is 2.37 bits per heavy atom. The van der Waals surface area contributed by atoms with Crippen LogP contribution in [0.3, 0.4) is 0 Å². The molecule has 5 heteroatoms. The normalized spacial score (nSPS) is 23.3. The monoisotopic (exact) mass is 281 g/mol. The lowest BCUT2D eigenvalue weighted by atomic mass is 9.86. The average Bonchev–Trinajstić information content (AvgIpc) is 2.86. The summed E-state index contributed by atoms with van der Waals surface area (Å²) >= 11 is 1.53. The van der Waals surface area contributed by atoms with Gasteiger partial charge in [-0.2, -0.15) is 0 Å². The Bertz CT molecular complexity index is 432. The Kier molecular flexibility index (Phi) is 4.93. The zero-order valence-corrected chi connectivity index (χ0v) is 12.6. The fraction of sp³-hybridized carbons (Fsp3) is 0.714. The topological polar surface area (TPSA) is 59.2 Å². The van der Waals surface area contributed by atoms with Crippen LogP contribution in [0.15, 0.2) is 5.38 Å². The molecule has 0 saturated heterocycles. The van der Waals surface area contributed by atoms with Crippen LogP contribution in [0.25, 0.3) is 0 Å². The van der Waals surface area contributed by atoms with Gasteiger partial charge in [0.05, 0.1) is 5.01 Å². The third-order valence-electron chi connectivity index (χ3n) is 3.91. The summed E-state index contributed by atoms with van der Waals surface area (Å²) in [5.74, 6) is 0.774. The van der Waals surface area contributed by atoms with E-state index in [1.54, 1.807) is 0 Å². The number of aromatic nitrogens is 1. The number of hydrogen-bond acceptors (Lipinski definition) is 4. The zero-order valence-electron chi connectivity index (χ0n) is 11.8. The predicted octanol–water partition coefficient (Wildman–Crippen LogP) is 2.30. The molecule has 1 aromatic rings. The van der Waals surface area contributed by atoms with Crippen LogP contribution in [0.5, 0.6) is 0 Å². The average molecular weight is 281 g/mol. The third kappa shape index (κ3) is 3.54. The van der Waals surface area contributed by atoms with E-state index in [-0.39, 0.29) is 5.91 Å². The second-order valence-corrected chi connectivity index (χ2v) is 6.45. The summed E-state index contributed by atoms with van der Waals surface area (Å²) in [6, 6.07) is 0.371. The number of carbonyl (C=O) groups is 1. The highest BCUT2D eigenvalue weighted by molar-refractivity contribution is 7.09. The van der Waals surface area contributed by atoms with Crippen LogP contribution in [-0.2, 0) is 6.42 Å². The van der Waals surface area contributed by atoms with Crippen LogP contribution in [0.2, 0.25) is 0 Å². The highest BCUT2D eigenvalue weighted by atomic mass is 32.1. The molecule has 0 bridgehead atoms. The predicted molar refractivity (Wildman–Crippen MR) is 78.4 cm³/mol. The van der Waals surface area contributed by atoms with E-state index in [0.29, 0.717) is 18.3 Å². The first-order chi connectivity index (χ1) is 9.11. The molecule has 2 atom stereocenters. The van der Waals surface area contributed by atoms with Crippen LogP contribution >= 0.6 is 11.3 Å². The number of amides is 1. The number of nitrogens with two attached hydrogens (primary N) is 1. The van der Waals surface area contributed by atoms with Crippen molar-refractivity contribution in [2.45, 2.75) is 45.1 Å². The maximum absolute atomic E-state index is 12.4. The molecule has 0 aromatic carbocycles. The van der Waals surface area contributed by atoms with Crippen molar-refractivity contribution < 1.29 is 4.79 Å². The van der Waals surface area contributed by atoms with Crippen molar-refractivity contribution in [2.24, 2.45) is 11.7 Å². The molecule has 2 rings (SSSR count). The second-order valence-electron chi connectivity index (χ2n) is 5.51. The van der Waals surface area contributed by atoms with E-state index in [0.717, 1.165) is 30.2 Å². The van der Waals surface area contributed by atoms with Gasteiger partial charge >= 0.3 is 0 Å².